The SMILES string of the molecule is [Cl][134Ce]([Cl])[Cl]. The Balaban J connectivity index is 2.32. The van der Waals surface area contributed by atoms with Gasteiger partial charge in [-0.05, 0) is 0 Å². The maximum absolute atomic E-state index is 5.02. The van der Waals surface area contributed by atoms with Crippen LogP contribution in [0.25, 0.3) is 0 Å². The summed E-state index contributed by atoms with van der Waals surface area (Å²) >= 11 is -2.24. The van der Waals surface area contributed by atoms with Crippen molar-refractivity contribution < 1.29 is 30.7 Å². The fraction of sp³-hybridized carbons (Fsp3) is 0. The maximum atomic E-state index is 5.02. The molecule has 0 spiro atoms. The first-order valence-electron chi connectivity index (χ1n) is 0.567. The zero-order chi connectivity index (χ0) is 3.58. The van der Waals surface area contributed by atoms with Gasteiger partial charge in [0.1, 0.15) is 0 Å². The summed E-state index contributed by atoms with van der Waals surface area (Å²) in [6, 6.07) is 0. The standard InChI is InChI=1S/Ce.3ClH/h;3*1H/q+3;;;/p-3/i1-6;;;. The zero-order valence-electron chi connectivity index (χ0n) is 1.63. The fourth-order valence-electron chi connectivity index (χ4n) is 0. The Morgan fingerprint density at radius 1 is 1.00 bits per heavy atom. The van der Waals surface area contributed by atoms with E-state index >= 15 is 0 Å². The average molecular weight is 240 g/mol. The molecule has 0 aliphatic carbocycles. The van der Waals surface area contributed by atoms with Gasteiger partial charge in [0.25, 0.3) is 0 Å². The van der Waals surface area contributed by atoms with Gasteiger partial charge < -0.3 is 0 Å². The van der Waals surface area contributed by atoms with E-state index in [0.717, 1.165) is 0 Å². The van der Waals surface area contributed by atoms with Gasteiger partial charge in [-0.15, -0.1) is 0 Å². The molecular formula is CeCl3. The van der Waals surface area contributed by atoms with Crippen LogP contribution in [0.15, 0.2) is 0 Å². The Hall–Kier alpha value is 2.25. The molecule has 0 saturated heterocycles. The number of hydrogen-bond donors (Lipinski definition) is 0. The Labute approximate surface area is 46.3 Å². The molecule has 4 heavy (non-hydrogen) atoms. The second kappa shape index (κ2) is 3.44. The molecule has 0 aromatic heterocycles. The third-order valence-electron chi connectivity index (χ3n) is 0. The normalized spacial score (nSPS) is 6.75. The molecule has 0 N–H and O–H groups in total. The fourth-order valence-corrected chi connectivity index (χ4v) is 0. The molecule has 0 aromatic carbocycles. The molecule has 0 atom stereocenters. The monoisotopic (exact) mass is 239 g/mol. The first kappa shape index (κ1) is 6.25. The van der Waals surface area contributed by atoms with E-state index < -0.39 is 30.7 Å². The van der Waals surface area contributed by atoms with Crippen molar-refractivity contribution in [1.29, 1.82) is 0 Å². The van der Waals surface area contributed by atoms with E-state index in [1.807, 2.05) is 0 Å². The Kier molecular flexibility index (Phi) is 5.37. The van der Waals surface area contributed by atoms with Gasteiger partial charge in [-0.25, -0.2) is 0 Å². The molecule has 0 fully saturated rings. The van der Waals surface area contributed by atoms with Crippen LogP contribution in [0, 0.1) is 30.7 Å². The first-order chi connectivity index (χ1) is 1.73. The molecule has 0 aromatic rings. The summed E-state index contributed by atoms with van der Waals surface area (Å²) in [6.45, 7) is 0. The van der Waals surface area contributed by atoms with E-state index in [1.54, 1.807) is 0 Å². The van der Waals surface area contributed by atoms with Crippen LogP contribution >= 0.6 is 16.9 Å². The number of rotatable bonds is 0. The van der Waals surface area contributed by atoms with Crippen molar-refractivity contribution in [3.05, 3.63) is 0 Å². The summed E-state index contributed by atoms with van der Waals surface area (Å²) in [4.78, 5) is 0. The van der Waals surface area contributed by atoms with E-state index in [9.17, 15) is 0 Å². The molecule has 0 unspecified atom stereocenters. The van der Waals surface area contributed by atoms with Gasteiger partial charge in [0.05, 0.1) is 0 Å². The van der Waals surface area contributed by atoms with Crippen LogP contribution in [-0.4, -0.2) is 0 Å². The van der Waals surface area contributed by atoms with Crippen LogP contribution in [-0.2, 0) is 0 Å². The van der Waals surface area contributed by atoms with E-state index in [2.05, 4.69) is 0 Å². The summed E-state index contributed by atoms with van der Waals surface area (Å²) in [5.74, 6) is 0. The summed E-state index contributed by atoms with van der Waals surface area (Å²) < 4.78 is 0. The van der Waals surface area contributed by atoms with Crippen molar-refractivity contribution in [3.8, 4) is 0 Å². The molecule has 4 heteroatoms. The first-order valence-corrected chi connectivity index (χ1v) is 12.4. The predicted molar refractivity (Wildman–Crippen MR) is 17.6 cm³/mol. The summed E-state index contributed by atoms with van der Waals surface area (Å²) in [5, 5.41) is 0. The molecule has 0 aliphatic rings. The van der Waals surface area contributed by atoms with Crippen LogP contribution in [0.3, 0.4) is 0 Å². The molecule has 0 bridgehead atoms. The van der Waals surface area contributed by atoms with Gasteiger partial charge in [0.15, 0.2) is 0 Å². The third-order valence-corrected chi connectivity index (χ3v) is 0. The Bertz CT molecular complexity index is 8.00. The van der Waals surface area contributed by atoms with Crippen molar-refractivity contribution in [1.82, 2.24) is 0 Å². The summed E-state index contributed by atoms with van der Waals surface area (Å²) in [5.41, 5.74) is 15.1. The van der Waals surface area contributed by atoms with Crippen molar-refractivity contribution in [2.24, 2.45) is 0 Å². The van der Waals surface area contributed by atoms with E-state index in [0.29, 0.717) is 0 Å². The Morgan fingerprint density at radius 2 is 1.00 bits per heavy atom. The van der Waals surface area contributed by atoms with E-state index in [1.165, 1.54) is 0 Å². The summed E-state index contributed by atoms with van der Waals surface area (Å²) in [6.07, 6.45) is 0. The van der Waals surface area contributed by atoms with Crippen molar-refractivity contribution in [3.63, 3.8) is 0 Å². The second-order valence-electron chi connectivity index (χ2n) is 0.214. The molecular weight excluding hydrogens is 240 g/mol. The molecule has 0 rings (SSSR count). The second-order valence-corrected chi connectivity index (χ2v) is 14.0. The number of hydrogen-bond acceptors (Lipinski definition) is 0. The van der Waals surface area contributed by atoms with Crippen LogP contribution in [0.5, 0.6) is 0 Å². The molecule has 25 valence electrons. The predicted octanol–water partition coefficient (Wildman–Crippen LogP) is 2.07. The van der Waals surface area contributed by atoms with Crippen LogP contribution in [0.4, 0.5) is 0 Å². The van der Waals surface area contributed by atoms with Crippen LogP contribution < -0.4 is 0 Å². The van der Waals surface area contributed by atoms with Crippen molar-refractivity contribution in [2.45, 2.75) is 0 Å². The molecule has 0 amide bonds. The zero-order valence-corrected chi connectivity index (χ0v) is 7.04. The molecule has 0 heterocycles. The molecule has 0 nitrogen and oxygen atoms in total. The quantitative estimate of drug-likeness (QED) is 0.608. The number of halogens is 3. The van der Waals surface area contributed by atoms with Gasteiger partial charge in [0.2, 0.25) is 0 Å². The van der Waals surface area contributed by atoms with Gasteiger partial charge in [-0.3, -0.25) is 0 Å². The third kappa shape index (κ3) is 8.87. The van der Waals surface area contributed by atoms with E-state index in [4.69, 9.17) is 16.9 Å². The van der Waals surface area contributed by atoms with Crippen molar-refractivity contribution >= 4 is 16.9 Å². The molecule has 0 saturated carbocycles. The van der Waals surface area contributed by atoms with Crippen LogP contribution in [0.1, 0.15) is 0 Å². The van der Waals surface area contributed by atoms with E-state index in [-0.39, 0.29) is 0 Å². The average Bonchev–Trinajstić information content (AvgIpc) is 0.811. The topological polar surface area (TPSA) is 0 Å². The van der Waals surface area contributed by atoms with Gasteiger partial charge in [-0.2, -0.15) is 0 Å². The van der Waals surface area contributed by atoms with Gasteiger partial charge in [-0.1, -0.05) is 0 Å². The van der Waals surface area contributed by atoms with Crippen LogP contribution in [0.2, 0.25) is 0 Å². The molecule has 0 aliphatic heterocycles. The minimum absolute atomic E-state index is 2.24. The Morgan fingerprint density at radius 3 is 1.00 bits per heavy atom. The molecule has 0 radical (unpaired) electrons. The van der Waals surface area contributed by atoms with Crippen molar-refractivity contribution in [2.75, 3.05) is 0 Å². The summed E-state index contributed by atoms with van der Waals surface area (Å²) in [7, 11) is 0. The minimum atomic E-state index is -2.24. The van der Waals surface area contributed by atoms with Gasteiger partial charge in [0, 0.05) is 0 Å². The van der Waals surface area contributed by atoms with Gasteiger partial charge >= 0.3 is 47.6 Å².